The van der Waals surface area contributed by atoms with E-state index in [2.05, 4.69) is 20.7 Å². The lowest BCUT2D eigenvalue weighted by atomic mass is 10.7. The van der Waals surface area contributed by atoms with Gasteiger partial charge in [-0.25, -0.2) is 13.1 Å². The fraction of sp³-hybridized carbons (Fsp3) is 0.333. The number of hydrogen-bond acceptors (Lipinski definition) is 3. The van der Waals surface area contributed by atoms with Crippen LogP contribution < -0.4 is 4.72 Å². The molecule has 0 aliphatic carbocycles. The molecule has 1 aromatic heterocycles. The van der Waals surface area contributed by atoms with Gasteiger partial charge in [0.15, 0.2) is 0 Å². The van der Waals surface area contributed by atoms with E-state index in [9.17, 15) is 8.42 Å². The molecular weight excluding hydrogens is 298 g/mol. The Morgan fingerprint density at radius 3 is 2.69 bits per heavy atom. The second-order valence-electron chi connectivity index (χ2n) is 2.19. The van der Waals surface area contributed by atoms with Crippen LogP contribution in [0.5, 0.6) is 0 Å². The van der Waals surface area contributed by atoms with E-state index >= 15 is 0 Å². The Labute approximate surface area is 94.3 Å². The van der Waals surface area contributed by atoms with Crippen LogP contribution in [0.15, 0.2) is 14.7 Å². The van der Waals surface area contributed by atoms with Crippen LogP contribution in [0, 0.1) is 0 Å². The van der Waals surface area contributed by atoms with E-state index in [1.165, 1.54) is 6.07 Å². The second kappa shape index (κ2) is 4.27. The lowest BCUT2D eigenvalue weighted by Gasteiger charge is -1.98. The predicted molar refractivity (Wildman–Crippen MR) is 57.9 cm³/mol. The molecule has 3 nitrogen and oxygen atoms in total. The molecule has 0 unspecified atom stereocenters. The first-order valence-electron chi connectivity index (χ1n) is 3.42. The van der Waals surface area contributed by atoms with Gasteiger partial charge in [0, 0.05) is 11.0 Å². The van der Waals surface area contributed by atoms with Gasteiger partial charge in [0.1, 0.15) is 8.55 Å². The zero-order valence-corrected chi connectivity index (χ0v) is 10.6. The highest BCUT2D eigenvalue weighted by atomic mass is 79.9. The molecule has 0 saturated carbocycles. The molecule has 0 spiro atoms. The SMILES string of the molecule is CCNS(=O)(=O)c1cc(Br)c(Cl)s1. The first kappa shape index (κ1) is 11.5. The van der Waals surface area contributed by atoms with Crippen LogP contribution in [0.4, 0.5) is 0 Å². The number of thiophene rings is 1. The standard InChI is InChI=1S/C6H7BrClNO2S2/c1-2-9-13(10,11)5-3-4(7)6(8)12-5/h3,9H,2H2,1H3. The topological polar surface area (TPSA) is 46.2 Å². The summed E-state index contributed by atoms with van der Waals surface area (Å²) < 4.78 is 26.5. The van der Waals surface area contributed by atoms with E-state index in [0.29, 0.717) is 15.4 Å². The van der Waals surface area contributed by atoms with Gasteiger partial charge in [-0.2, -0.15) is 0 Å². The molecule has 0 fully saturated rings. The molecule has 0 radical (unpaired) electrons. The lowest BCUT2D eigenvalue weighted by Crippen LogP contribution is -2.22. The van der Waals surface area contributed by atoms with Crippen molar-refractivity contribution in [2.45, 2.75) is 11.1 Å². The van der Waals surface area contributed by atoms with Crippen molar-refractivity contribution in [2.75, 3.05) is 6.54 Å². The molecule has 1 rings (SSSR count). The van der Waals surface area contributed by atoms with Crippen molar-refractivity contribution in [2.24, 2.45) is 0 Å². The first-order valence-corrected chi connectivity index (χ1v) is 6.89. The number of sulfonamides is 1. The van der Waals surface area contributed by atoms with Crippen molar-refractivity contribution in [3.8, 4) is 0 Å². The van der Waals surface area contributed by atoms with E-state index < -0.39 is 10.0 Å². The van der Waals surface area contributed by atoms with E-state index in [4.69, 9.17) is 11.6 Å². The Kier molecular flexibility index (Phi) is 3.76. The van der Waals surface area contributed by atoms with Crippen molar-refractivity contribution in [3.05, 3.63) is 14.9 Å². The third-order valence-electron chi connectivity index (χ3n) is 1.22. The van der Waals surface area contributed by atoms with Crippen molar-refractivity contribution < 1.29 is 8.42 Å². The van der Waals surface area contributed by atoms with Gasteiger partial charge in [0.2, 0.25) is 10.0 Å². The van der Waals surface area contributed by atoms with Gasteiger partial charge in [-0.05, 0) is 22.0 Å². The molecule has 0 aliphatic heterocycles. The maximum atomic E-state index is 11.4. The number of rotatable bonds is 3. The minimum atomic E-state index is -3.36. The normalized spacial score (nSPS) is 11.9. The summed E-state index contributed by atoms with van der Waals surface area (Å²) >= 11 is 9.89. The Bertz CT molecular complexity index is 381. The number of hydrogen-bond donors (Lipinski definition) is 1. The fourth-order valence-corrected chi connectivity index (χ4v) is 4.11. The predicted octanol–water partition coefficient (Wildman–Crippen LogP) is 2.46. The van der Waals surface area contributed by atoms with Gasteiger partial charge >= 0.3 is 0 Å². The minimum Gasteiger partial charge on any atom is -0.211 e. The first-order chi connectivity index (χ1) is 5.97. The monoisotopic (exact) mass is 303 g/mol. The summed E-state index contributed by atoms with van der Waals surface area (Å²) in [4.78, 5) is 0. The Morgan fingerprint density at radius 1 is 1.69 bits per heavy atom. The molecule has 0 amide bonds. The summed E-state index contributed by atoms with van der Waals surface area (Å²) in [6.45, 7) is 2.09. The highest BCUT2D eigenvalue weighted by Crippen LogP contribution is 2.34. The van der Waals surface area contributed by atoms with Crippen molar-refractivity contribution in [3.63, 3.8) is 0 Å². The van der Waals surface area contributed by atoms with Crippen LogP contribution in [0.3, 0.4) is 0 Å². The van der Waals surface area contributed by atoms with E-state index in [1.54, 1.807) is 6.92 Å². The average molecular weight is 305 g/mol. The molecule has 13 heavy (non-hydrogen) atoms. The van der Waals surface area contributed by atoms with Crippen LogP contribution in [-0.2, 0) is 10.0 Å². The van der Waals surface area contributed by atoms with Gasteiger partial charge in [-0.1, -0.05) is 18.5 Å². The maximum absolute atomic E-state index is 11.4. The summed E-state index contributed by atoms with van der Waals surface area (Å²) in [5.41, 5.74) is 0. The molecule has 0 aromatic carbocycles. The number of halogens is 2. The zero-order valence-electron chi connectivity index (χ0n) is 6.67. The van der Waals surface area contributed by atoms with E-state index in [-0.39, 0.29) is 4.21 Å². The van der Waals surface area contributed by atoms with Crippen LogP contribution in [0.2, 0.25) is 4.34 Å². The Balaban J connectivity index is 3.08. The van der Waals surface area contributed by atoms with Gasteiger partial charge in [-0.15, -0.1) is 11.3 Å². The third-order valence-corrected chi connectivity index (χ3v) is 5.72. The highest BCUT2D eigenvalue weighted by Gasteiger charge is 2.17. The fourth-order valence-electron chi connectivity index (χ4n) is 0.720. The van der Waals surface area contributed by atoms with Crippen LogP contribution >= 0.6 is 38.9 Å². The molecule has 7 heteroatoms. The summed E-state index contributed by atoms with van der Waals surface area (Å²) in [5, 5.41) is 0. The van der Waals surface area contributed by atoms with Gasteiger partial charge in [-0.3, -0.25) is 0 Å². The van der Waals surface area contributed by atoms with Gasteiger partial charge in [0.25, 0.3) is 0 Å². The summed E-state index contributed by atoms with van der Waals surface area (Å²) in [6.07, 6.45) is 0. The third kappa shape index (κ3) is 2.66. The maximum Gasteiger partial charge on any atom is 0.250 e. The molecule has 0 aliphatic rings. The summed E-state index contributed by atoms with van der Waals surface area (Å²) in [7, 11) is -3.36. The second-order valence-corrected chi connectivity index (χ2v) is 6.69. The molecule has 0 bridgehead atoms. The van der Waals surface area contributed by atoms with Crippen molar-refractivity contribution >= 4 is 48.9 Å². The summed E-state index contributed by atoms with van der Waals surface area (Å²) in [5.74, 6) is 0. The largest absolute Gasteiger partial charge is 0.250 e. The van der Waals surface area contributed by atoms with E-state index in [1.807, 2.05) is 0 Å². The van der Waals surface area contributed by atoms with Crippen molar-refractivity contribution in [1.29, 1.82) is 0 Å². The molecule has 0 atom stereocenters. The quantitative estimate of drug-likeness (QED) is 0.932. The summed E-state index contributed by atoms with van der Waals surface area (Å²) in [6, 6.07) is 1.49. The number of nitrogens with one attached hydrogen (secondary N) is 1. The van der Waals surface area contributed by atoms with Crippen molar-refractivity contribution in [1.82, 2.24) is 4.72 Å². The molecular formula is C6H7BrClNO2S2. The molecule has 1 aromatic rings. The van der Waals surface area contributed by atoms with Crippen LogP contribution in [-0.4, -0.2) is 15.0 Å². The average Bonchev–Trinajstić information content (AvgIpc) is 2.33. The Morgan fingerprint density at radius 2 is 2.31 bits per heavy atom. The van der Waals surface area contributed by atoms with Crippen LogP contribution in [0.25, 0.3) is 0 Å². The molecule has 1 N–H and O–H groups in total. The molecule has 74 valence electrons. The smallest absolute Gasteiger partial charge is 0.211 e. The molecule has 1 heterocycles. The highest BCUT2D eigenvalue weighted by molar-refractivity contribution is 9.10. The Hall–Kier alpha value is 0.380. The molecule has 0 saturated heterocycles. The van der Waals surface area contributed by atoms with Gasteiger partial charge in [0.05, 0.1) is 0 Å². The lowest BCUT2D eigenvalue weighted by molar-refractivity contribution is 0.586. The minimum absolute atomic E-state index is 0.228. The zero-order chi connectivity index (χ0) is 10.1. The van der Waals surface area contributed by atoms with Gasteiger partial charge < -0.3 is 0 Å². The van der Waals surface area contributed by atoms with Crippen LogP contribution in [0.1, 0.15) is 6.92 Å². The van der Waals surface area contributed by atoms with E-state index in [0.717, 1.165) is 11.3 Å².